The number of hydrogen-bond donors (Lipinski definition) is 1. The molecule has 0 saturated heterocycles. The van der Waals surface area contributed by atoms with Crippen molar-refractivity contribution in [2.75, 3.05) is 5.32 Å². The molecule has 4 nitrogen and oxygen atoms in total. The molecule has 0 aliphatic heterocycles. The van der Waals surface area contributed by atoms with Crippen molar-refractivity contribution in [3.05, 3.63) is 78.6 Å². The van der Waals surface area contributed by atoms with Gasteiger partial charge in [-0.1, -0.05) is 42.5 Å². The number of amides is 1. The fourth-order valence-electron chi connectivity index (χ4n) is 2.07. The van der Waals surface area contributed by atoms with Crippen molar-refractivity contribution in [3.8, 4) is 11.3 Å². The van der Waals surface area contributed by atoms with Crippen LogP contribution < -0.4 is 5.32 Å². The number of carbonyl (C=O) groups is 1. The van der Waals surface area contributed by atoms with E-state index in [4.69, 9.17) is 9.15 Å². The average Bonchev–Trinajstić information content (AvgIpc) is 3.09. The Morgan fingerprint density at radius 1 is 1.00 bits per heavy atom. The third-order valence-electron chi connectivity index (χ3n) is 3.13. The molecular formula is C18H15NO3. The van der Waals surface area contributed by atoms with Crippen molar-refractivity contribution in [3.63, 3.8) is 0 Å². The predicted molar refractivity (Wildman–Crippen MR) is 84.4 cm³/mol. The average molecular weight is 293 g/mol. The summed E-state index contributed by atoms with van der Waals surface area (Å²) in [5.74, 6) is 0.751. The van der Waals surface area contributed by atoms with Gasteiger partial charge < -0.3 is 9.15 Å². The van der Waals surface area contributed by atoms with Crippen LogP contribution in [-0.4, -0.2) is 6.09 Å². The second kappa shape index (κ2) is 6.63. The Balaban J connectivity index is 1.61. The molecule has 0 radical (unpaired) electrons. The normalized spacial score (nSPS) is 10.2. The highest BCUT2D eigenvalue weighted by Crippen LogP contribution is 2.23. The second-order valence-electron chi connectivity index (χ2n) is 4.74. The molecule has 0 aliphatic rings. The highest BCUT2D eigenvalue weighted by Gasteiger charge is 2.06. The molecule has 0 bridgehead atoms. The van der Waals surface area contributed by atoms with E-state index >= 15 is 0 Å². The van der Waals surface area contributed by atoms with Gasteiger partial charge in [-0.05, 0) is 29.8 Å². The number of benzene rings is 2. The van der Waals surface area contributed by atoms with Crippen molar-refractivity contribution < 1.29 is 13.9 Å². The summed E-state index contributed by atoms with van der Waals surface area (Å²) >= 11 is 0. The molecule has 1 heterocycles. The van der Waals surface area contributed by atoms with Crippen LogP contribution in [0.5, 0.6) is 0 Å². The molecule has 1 amide bonds. The van der Waals surface area contributed by atoms with Crippen LogP contribution in [0.3, 0.4) is 0 Å². The summed E-state index contributed by atoms with van der Waals surface area (Å²) in [6.45, 7) is 0.241. The highest BCUT2D eigenvalue weighted by atomic mass is 16.5. The lowest BCUT2D eigenvalue weighted by atomic mass is 10.1. The first-order chi connectivity index (χ1) is 10.8. The summed E-state index contributed by atoms with van der Waals surface area (Å²) < 4.78 is 10.5. The Labute approximate surface area is 128 Å². The fraction of sp³-hybridized carbons (Fsp3) is 0.0556. The summed E-state index contributed by atoms with van der Waals surface area (Å²) in [6.07, 6.45) is 1.13. The SMILES string of the molecule is O=C(Nc1cccc(-c2ccco2)c1)OCc1ccccc1. The molecular weight excluding hydrogens is 278 g/mol. The lowest BCUT2D eigenvalue weighted by Crippen LogP contribution is -2.13. The summed E-state index contributed by atoms with van der Waals surface area (Å²) in [5.41, 5.74) is 2.50. The molecule has 2 aromatic carbocycles. The lowest BCUT2D eigenvalue weighted by Gasteiger charge is -2.08. The Kier molecular flexibility index (Phi) is 4.20. The maximum atomic E-state index is 11.8. The summed E-state index contributed by atoms with van der Waals surface area (Å²) in [5, 5.41) is 2.71. The van der Waals surface area contributed by atoms with Gasteiger partial charge in [-0.3, -0.25) is 5.32 Å². The second-order valence-corrected chi connectivity index (χ2v) is 4.74. The van der Waals surface area contributed by atoms with Crippen molar-refractivity contribution >= 4 is 11.8 Å². The minimum Gasteiger partial charge on any atom is -0.464 e. The van der Waals surface area contributed by atoms with E-state index < -0.39 is 6.09 Å². The number of ether oxygens (including phenoxy) is 1. The van der Waals surface area contributed by atoms with Crippen molar-refractivity contribution in [1.82, 2.24) is 0 Å². The van der Waals surface area contributed by atoms with Crippen LogP contribution >= 0.6 is 0 Å². The number of hydrogen-bond acceptors (Lipinski definition) is 3. The molecule has 0 atom stereocenters. The molecule has 0 aliphatic carbocycles. The number of nitrogens with one attached hydrogen (secondary N) is 1. The molecule has 0 saturated carbocycles. The van der Waals surface area contributed by atoms with Gasteiger partial charge in [0, 0.05) is 11.3 Å². The van der Waals surface area contributed by atoms with Crippen LogP contribution in [0.15, 0.2) is 77.4 Å². The first-order valence-electron chi connectivity index (χ1n) is 6.93. The van der Waals surface area contributed by atoms with Crippen LogP contribution in [0.25, 0.3) is 11.3 Å². The maximum Gasteiger partial charge on any atom is 0.411 e. The van der Waals surface area contributed by atoms with Gasteiger partial charge in [0.15, 0.2) is 0 Å². The zero-order chi connectivity index (χ0) is 15.2. The van der Waals surface area contributed by atoms with Crippen molar-refractivity contribution in [1.29, 1.82) is 0 Å². The molecule has 1 N–H and O–H groups in total. The smallest absolute Gasteiger partial charge is 0.411 e. The van der Waals surface area contributed by atoms with Crippen LogP contribution in [0.1, 0.15) is 5.56 Å². The maximum absolute atomic E-state index is 11.8. The third-order valence-corrected chi connectivity index (χ3v) is 3.13. The number of carbonyl (C=O) groups excluding carboxylic acids is 1. The molecule has 3 rings (SSSR count). The van der Waals surface area contributed by atoms with E-state index in [1.54, 1.807) is 12.3 Å². The largest absolute Gasteiger partial charge is 0.464 e. The summed E-state index contributed by atoms with van der Waals surface area (Å²) in [7, 11) is 0. The van der Waals surface area contributed by atoms with E-state index in [0.717, 1.165) is 16.9 Å². The summed E-state index contributed by atoms with van der Waals surface area (Å²) in [6, 6.07) is 20.6. The van der Waals surface area contributed by atoms with Gasteiger partial charge in [-0.2, -0.15) is 0 Å². The number of furan rings is 1. The number of anilines is 1. The monoisotopic (exact) mass is 293 g/mol. The predicted octanol–water partition coefficient (Wildman–Crippen LogP) is 4.70. The van der Waals surface area contributed by atoms with Crippen LogP contribution in [0.4, 0.5) is 10.5 Å². The molecule has 0 fully saturated rings. The van der Waals surface area contributed by atoms with Gasteiger partial charge in [0.05, 0.1) is 6.26 Å². The van der Waals surface area contributed by atoms with Gasteiger partial charge in [0.2, 0.25) is 0 Å². The summed E-state index contributed by atoms with van der Waals surface area (Å²) in [4.78, 5) is 11.8. The first kappa shape index (κ1) is 13.9. The highest BCUT2D eigenvalue weighted by molar-refractivity contribution is 5.85. The third kappa shape index (κ3) is 3.55. The Bertz CT molecular complexity index is 736. The zero-order valence-corrected chi connectivity index (χ0v) is 11.9. The fourth-order valence-corrected chi connectivity index (χ4v) is 2.07. The molecule has 4 heteroatoms. The molecule has 0 unspecified atom stereocenters. The molecule has 110 valence electrons. The van der Waals surface area contributed by atoms with Gasteiger partial charge in [0.25, 0.3) is 0 Å². The molecule has 3 aromatic rings. The topological polar surface area (TPSA) is 51.5 Å². The first-order valence-corrected chi connectivity index (χ1v) is 6.93. The van der Waals surface area contributed by atoms with E-state index in [-0.39, 0.29) is 6.61 Å². The van der Waals surface area contributed by atoms with Crippen LogP contribution in [0, 0.1) is 0 Å². The van der Waals surface area contributed by atoms with Crippen molar-refractivity contribution in [2.45, 2.75) is 6.61 Å². The molecule has 0 spiro atoms. The van der Waals surface area contributed by atoms with E-state index in [2.05, 4.69) is 5.32 Å². The van der Waals surface area contributed by atoms with Gasteiger partial charge in [-0.15, -0.1) is 0 Å². The minimum absolute atomic E-state index is 0.241. The molecule has 1 aromatic heterocycles. The van der Waals surface area contributed by atoms with Gasteiger partial charge in [-0.25, -0.2) is 4.79 Å². The van der Waals surface area contributed by atoms with Gasteiger partial charge >= 0.3 is 6.09 Å². The van der Waals surface area contributed by atoms with E-state index in [0.29, 0.717) is 5.69 Å². The van der Waals surface area contributed by atoms with Crippen LogP contribution in [0.2, 0.25) is 0 Å². The Morgan fingerprint density at radius 3 is 2.64 bits per heavy atom. The lowest BCUT2D eigenvalue weighted by molar-refractivity contribution is 0.155. The standard InChI is InChI=1S/C18H15NO3/c20-18(22-13-14-6-2-1-3-7-14)19-16-9-4-8-15(12-16)17-10-5-11-21-17/h1-12H,13H2,(H,19,20). The zero-order valence-electron chi connectivity index (χ0n) is 11.9. The quantitative estimate of drug-likeness (QED) is 0.758. The number of rotatable bonds is 4. The van der Waals surface area contributed by atoms with Crippen LogP contribution in [-0.2, 0) is 11.3 Å². The van der Waals surface area contributed by atoms with E-state index in [1.165, 1.54) is 0 Å². The van der Waals surface area contributed by atoms with E-state index in [9.17, 15) is 4.79 Å². The molecule has 22 heavy (non-hydrogen) atoms. The van der Waals surface area contributed by atoms with Gasteiger partial charge in [0.1, 0.15) is 12.4 Å². The van der Waals surface area contributed by atoms with E-state index in [1.807, 2.05) is 60.7 Å². The minimum atomic E-state index is -0.486. The van der Waals surface area contributed by atoms with Crippen molar-refractivity contribution in [2.24, 2.45) is 0 Å². The Hall–Kier alpha value is -3.01. The Morgan fingerprint density at radius 2 is 1.86 bits per heavy atom.